The number of ether oxygens (including phenoxy) is 1. The second kappa shape index (κ2) is 15.5. The van der Waals surface area contributed by atoms with Crippen LogP contribution in [0.4, 0.5) is 10.2 Å². The molecule has 2 aromatic heterocycles. The number of piperidine rings is 2. The van der Waals surface area contributed by atoms with Gasteiger partial charge in [0.1, 0.15) is 41.2 Å². The van der Waals surface area contributed by atoms with Crippen molar-refractivity contribution in [3.63, 3.8) is 0 Å². The lowest BCUT2D eigenvalue weighted by Gasteiger charge is -2.33. The number of thioether (sulfide) groups is 1. The number of amides is 5. The average molecular weight is 777 g/mol. The number of nitrogen functional groups attached to an aromatic ring is 1. The summed E-state index contributed by atoms with van der Waals surface area (Å²) in [7, 11) is 0. The minimum Gasteiger partial charge on any atom is -0.457 e. The molecule has 2 saturated heterocycles. The average Bonchev–Trinajstić information content (AvgIpc) is 3.71. The lowest BCUT2D eigenvalue weighted by Crippen LogP contribution is -2.54. The molecule has 5 aromatic rings. The zero-order valence-electron chi connectivity index (χ0n) is 30.2. The van der Waals surface area contributed by atoms with Crippen molar-refractivity contribution in [1.82, 2.24) is 34.9 Å². The van der Waals surface area contributed by atoms with Crippen LogP contribution in [0.25, 0.3) is 22.3 Å². The number of halogens is 1. The standard InChI is InChI=1S/C40H37FN8O6S/c41-28-16-15-27-32(40(54)48(39(27)53)29-17-18-30(50)45-38(29)52)35(28)56-20-5-4-10-31(51)47-19-6-7-24(21-47)49-37-33(36(42)43-22-44-37)34(46-49)23-11-13-26(14-12-23)55-25-8-2-1-3-9-25/h1-3,8-9,11-16,22,24,29H,4-7,10,17-21H2,(H2,42,43,44)(H,45,50,52)/t24-,29?/m1/s1. The summed E-state index contributed by atoms with van der Waals surface area (Å²) in [5.74, 6) is -1.19. The molecule has 286 valence electrons. The van der Waals surface area contributed by atoms with E-state index in [0.717, 1.165) is 46.9 Å². The molecule has 3 N–H and O–H groups in total. The number of unbranched alkanes of at least 4 members (excludes halogenated alkanes) is 1. The van der Waals surface area contributed by atoms with Crippen molar-refractivity contribution in [2.75, 3.05) is 24.6 Å². The van der Waals surface area contributed by atoms with Crippen LogP contribution in [0, 0.1) is 5.82 Å². The zero-order chi connectivity index (χ0) is 38.9. The Morgan fingerprint density at radius 2 is 1.73 bits per heavy atom. The highest BCUT2D eigenvalue weighted by molar-refractivity contribution is 7.99. The fourth-order valence-electron chi connectivity index (χ4n) is 7.49. The predicted octanol–water partition coefficient (Wildman–Crippen LogP) is 5.53. The molecule has 0 aliphatic carbocycles. The molecule has 0 saturated carbocycles. The number of carbonyl (C=O) groups excluding carboxylic acids is 5. The third-order valence-electron chi connectivity index (χ3n) is 10.3. The number of likely N-dealkylation sites (tertiary alicyclic amines) is 1. The highest BCUT2D eigenvalue weighted by atomic mass is 32.2. The number of para-hydroxylation sites is 1. The van der Waals surface area contributed by atoms with Gasteiger partial charge in [0, 0.05) is 31.5 Å². The molecular formula is C40H37FN8O6S. The summed E-state index contributed by atoms with van der Waals surface area (Å²) < 4.78 is 22.9. The van der Waals surface area contributed by atoms with Crippen LogP contribution in [0.2, 0.25) is 0 Å². The van der Waals surface area contributed by atoms with Crippen LogP contribution < -0.4 is 15.8 Å². The van der Waals surface area contributed by atoms with Crippen LogP contribution in [-0.2, 0) is 14.4 Å². The van der Waals surface area contributed by atoms with Gasteiger partial charge in [-0.1, -0.05) is 18.2 Å². The van der Waals surface area contributed by atoms with Crippen molar-refractivity contribution in [1.29, 1.82) is 0 Å². The molecule has 8 rings (SSSR count). The zero-order valence-corrected chi connectivity index (χ0v) is 31.0. The molecule has 0 radical (unpaired) electrons. The summed E-state index contributed by atoms with van der Waals surface area (Å²) in [4.78, 5) is 75.6. The van der Waals surface area contributed by atoms with Gasteiger partial charge in [0.25, 0.3) is 11.8 Å². The van der Waals surface area contributed by atoms with E-state index in [9.17, 15) is 24.0 Å². The summed E-state index contributed by atoms with van der Waals surface area (Å²) >= 11 is 1.10. The molecule has 5 amide bonds. The molecule has 16 heteroatoms. The minimum atomic E-state index is -1.14. The highest BCUT2D eigenvalue weighted by Gasteiger charge is 2.46. The third kappa shape index (κ3) is 7.07. The van der Waals surface area contributed by atoms with E-state index in [2.05, 4.69) is 15.3 Å². The number of fused-ring (bicyclic) bond motifs is 2. The fraction of sp³-hybridized carbons (Fsp3) is 0.300. The molecule has 3 aliphatic rings. The topological polar surface area (TPSA) is 183 Å². The maximum Gasteiger partial charge on any atom is 0.263 e. The molecule has 2 atom stereocenters. The Labute approximate surface area is 324 Å². The number of nitrogens with zero attached hydrogens (tertiary/aromatic N) is 6. The first-order valence-corrected chi connectivity index (χ1v) is 19.4. The Morgan fingerprint density at radius 3 is 2.52 bits per heavy atom. The number of carbonyl (C=O) groups is 5. The van der Waals surface area contributed by atoms with Gasteiger partial charge in [0.05, 0.1) is 27.5 Å². The van der Waals surface area contributed by atoms with Crippen LogP contribution in [0.5, 0.6) is 11.5 Å². The number of nitrogens with one attached hydrogen (secondary N) is 1. The van der Waals surface area contributed by atoms with E-state index in [1.165, 1.54) is 12.4 Å². The van der Waals surface area contributed by atoms with Crippen molar-refractivity contribution in [3.05, 3.63) is 90.0 Å². The van der Waals surface area contributed by atoms with Gasteiger partial charge in [0.15, 0.2) is 5.65 Å². The molecule has 56 heavy (non-hydrogen) atoms. The maximum atomic E-state index is 15.1. The van der Waals surface area contributed by atoms with Crippen LogP contribution in [0.15, 0.2) is 78.0 Å². The number of anilines is 1. The SMILES string of the molecule is Nc1ncnc2c1c(-c1ccc(Oc3ccccc3)cc1)nn2[C@@H]1CCCN(C(=O)CCCCSc2c(F)ccc3c2C(=O)N(C2CCC(=O)NC2=O)C3=O)C1. The lowest BCUT2D eigenvalue weighted by molar-refractivity contribution is -0.136. The summed E-state index contributed by atoms with van der Waals surface area (Å²) in [5.41, 5.74) is 8.38. The van der Waals surface area contributed by atoms with Crippen molar-refractivity contribution in [2.24, 2.45) is 0 Å². The maximum absolute atomic E-state index is 15.1. The number of aromatic nitrogens is 4. The molecule has 5 heterocycles. The fourth-order valence-corrected chi connectivity index (χ4v) is 8.59. The number of rotatable bonds is 11. The van der Waals surface area contributed by atoms with Crippen molar-refractivity contribution < 1.29 is 33.1 Å². The van der Waals surface area contributed by atoms with Crippen LogP contribution in [0.1, 0.15) is 71.7 Å². The van der Waals surface area contributed by atoms with Gasteiger partial charge in [-0.3, -0.25) is 34.2 Å². The summed E-state index contributed by atoms with van der Waals surface area (Å²) in [5, 5.41) is 7.79. The first-order valence-electron chi connectivity index (χ1n) is 18.4. The van der Waals surface area contributed by atoms with Gasteiger partial charge in [0.2, 0.25) is 17.7 Å². The van der Waals surface area contributed by atoms with Crippen molar-refractivity contribution >= 4 is 58.1 Å². The number of imide groups is 2. The quantitative estimate of drug-likeness (QED) is 0.0977. The number of nitrogens with two attached hydrogens (primary N) is 1. The van der Waals surface area contributed by atoms with Gasteiger partial charge < -0.3 is 15.4 Å². The Balaban J connectivity index is 0.893. The van der Waals surface area contributed by atoms with Crippen molar-refractivity contribution in [3.8, 4) is 22.8 Å². The summed E-state index contributed by atoms with van der Waals surface area (Å²) in [6, 6.07) is 18.2. The van der Waals surface area contributed by atoms with E-state index in [1.807, 2.05) is 64.2 Å². The Hall–Kier alpha value is -6.16. The Morgan fingerprint density at radius 1 is 0.946 bits per heavy atom. The smallest absolute Gasteiger partial charge is 0.263 e. The molecule has 0 bridgehead atoms. The van der Waals surface area contributed by atoms with Gasteiger partial charge in [-0.25, -0.2) is 19.0 Å². The summed E-state index contributed by atoms with van der Waals surface area (Å²) in [6.45, 7) is 1.05. The van der Waals surface area contributed by atoms with Gasteiger partial charge in [-0.05, 0) is 86.4 Å². The highest BCUT2D eigenvalue weighted by Crippen LogP contribution is 2.38. The Kier molecular flexibility index (Phi) is 10.2. The number of hydrogen-bond acceptors (Lipinski definition) is 11. The first kappa shape index (κ1) is 36.8. The lowest BCUT2D eigenvalue weighted by atomic mass is 10.0. The molecule has 0 spiro atoms. The predicted molar refractivity (Wildman–Crippen MR) is 204 cm³/mol. The largest absolute Gasteiger partial charge is 0.457 e. The minimum absolute atomic E-state index is 0.00744. The molecule has 3 aliphatic heterocycles. The van der Waals surface area contributed by atoms with E-state index in [1.54, 1.807) is 0 Å². The number of hydrogen-bond donors (Lipinski definition) is 2. The molecular weight excluding hydrogens is 740 g/mol. The van der Waals surface area contributed by atoms with Gasteiger partial charge in [-0.15, -0.1) is 11.8 Å². The normalized spacial score (nSPS) is 18.4. The second-order valence-corrected chi connectivity index (χ2v) is 15.0. The van der Waals surface area contributed by atoms with Gasteiger partial charge >= 0.3 is 0 Å². The molecule has 3 aromatic carbocycles. The molecule has 14 nitrogen and oxygen atoms in total. The van der Waals surface area contributed by atoms with E-state index in [0.29, 0.717) is 60.0 Å². The van der Waals surface area contributed by atoms with Crippen LogP contribution >= 0.6 is 11.8 Å². The van der Waals surface area contributed by atoms with Crippen LogP contribution in [-0.4, -0.2) is 84.0 Å². The monoisotopic (exact) mass is 776 g/mol. The van der Waals surface area contributed by atoms with E-state index < -0.39 is 35.5 Å². The second-order valence-electron chi connectivity index (χ2n) is 13.9. The van der Waals surface area contributed by atoms with E-state index in [4.69, 9.17) is 15.6 Å². The van der Waals surface area contributed by atoms with E-state index >= 15 is 4.39 Å². The van der Waals surface area contributed by atoms with E-state index in [-0.39, 0.29) is 47.2 Å². The summed E-state index contributed by atoms with van der Waals surface area (Å²) in [6.07, 6.45) is 4.34. The number of benzene rings is 3. The Bertz CT molecular complexity index is 2370. The van der Waals surface area contributed by atoms with Gasteiger partial charge in [-0.2, -0.15) is 5.10 Å². The molecule has 2 fully saturated rings. The van der Waals surface area contributed by atoms with Crippen LogP contribution in [0.3, 0.4) is 0 Å². The van der Waals surface area contributed by atoms with Crippen molar-refractivity contribution in [2.45, 2.75) is 61.9 Å². The molecule has 1 unspecified atom stereocenters. The first-order chi connectivity index (χ1) is 27.2. The third-order valence-corrected chi connectivity index (χ3v) is 11.4.